The molecule has 0 radical (unpaired) electrons. The summed E-state index contributed by atoms with van der Waals surface area (Å²) >= 11 is 6.27. The highest BCUT2D eigenvalue weighted by Gasteiger charge is 2.34. The number of amides is 1. The standard InChI is InChI=1S/C24H18ClF4N3O3/c25-19-10-17(35-22-11-21(30-12-31-22)32-23(34)14-2-3-14)5-4-15(19)9-16(33)7-13-1-6-20(26)18(8-13)24(27,28)29/h1,4-6,8,10-12,14H,2-3,7,9H2,(H,30,31,32,34). The van der Waals surface area contributed by atoms with Crippen molar-refractivity contribution in [1.82, 2.24) is 9.97 Å². The molecule has 1 amide bonds. The molecule has 0 aliphatic heterocycles. The van der Waals surface area contributed by atoms with E-state index in [1.165, 1.54) is 18.5 Å². The van der Waals surface area contributed by atoms with Crippen molar-refractivity contribution in [3.63, 3.8) is 0 Å². The molecule has 35 heavy (non-hydrogen) atoms. The van der Waals surface area contributed by atoms with Gasteiger partial charge in [0.1, 0.15) is 29.5 Å². The number of aromatic nitrogens is 2. The molecule has 0 atom stereocenters. The lowest BCUT2D eigenvalue weighted by molar-refractivity contribution is -0.140. The van der Waals surface area contributed by atoms with Crippen LogP contribution in [0.15, 0.2) is 48.8 Å². The molecular weight excluding hydrogens is 490 g/mol. The highest BCUT2D eigenvalue weighted by Crippen LogP contribution is 2.33. The molecule has 1 aliphatic carbocycles. The van der Waals surface area contributed by atoms with Gasteiger partial charge in [0.2, 0.25) is 11.8 Å². The fourth-order valence-corrected chi connectivity index (χ4v) is 3.53. The molecule has 0 unspecified atom stereocenters. The second-order valence-electron chi connectivity index (χ2n) is 8.06. The lowest BCUT2D eigenvalue weighted by Gasteiger charge is -2.11. The fourth-order valence-electron chi connectivity index (χ4n) is 3.30. The van der Waals surface area contributed by atoms with Crippen LogP contribution in [0, 0.1) is 11.7 Å². The SMILES string of the molecule is O=C(Cc1ccc(F)c(C(F)(F)F)c1)Cc1ccc(Oc2cc(NC(=O)C3CC3)ncn2)cc1Cl. The van der Waals surface area contributed by atoms with E-state index in [9.17, 15) is 27.2 Å². The molecule has 0 bridgehead atoms. The van der Waals surface area contributed by atoms with Gasteiger partial charge in [-0.25, -0.2) is 14.4 Å². The van der Waals surface area contributed by atoms with Crippen LogP contribution in [-0.2, 0) is 28.6 Å². The molecule has 11 heteroatoms. The van der Waals surface area contributed by atoms with Gasteiger partial charge in [0.25, 0.3) is 0 Å². The Kier molecular flexibility index (Phi) is 7.02. The van der Waals surface area contributed by atoms with Gasteiger partial charge < -0.3 is 10.1 Å². The van der Waals surface area contributed by atoms with Gasteiger partial charge in [-0.05, 0) is 48.2 Å². The molecule has 0 spiro atoms. The van der Waals surface area contributed by atoms with Crippen LogP contribution in [0.5, 0.6) is 11.6 Å². The molecule has 0 saturated heterocycles. The molecule has 3 aromatic rings. The molecule has 1 heterocycles. The summed E-state index contributed by atoms with van der Waals surface area (Å²) in [5.41, 5.74) is -0.919. The predicted molar refractivity (Wildman–Crippen MR) is 119 cm³/mol. The van der Waals surface area contributed by atoms with Crippen LogP contribution in [0.4, 0.5) is 23.4 Å². The Morgan fingerprint density at radius 3 is 2.51 bits per heavy atom. The Bertz CT molecular complexity index is 1280. The zero-order chi connectivity index (χ0) is 25.2. The maximum Gasteiger partial charge on any atom is 0.419 e. The van der Waals surface area contributed by atoms with E-state index < -0.39 is 23.3 Å². The Morgan fingerprint density at radius 1 is 1.06 bits per heavy atom. The number of Topliss-reactive ketones (excluding diaryl/α,β-unsaturated/α-hetero) is 1. The number of rotatable bonds is 8. The van der Waals surface area contributed by atoms with Crippen LogP contribution >= 0.6 is 11.6 Å². The first-order valence-electron chi connectivity index (χ1n) is 10.5. The Hall–Kier alpha value is -3.53. The quantitative estimate of drug-likeness (QED) is 0.391. The summed E-state index contributed by atoms with van der Waals surface area (Å²) in [4.78, 5) is 32.3. The number of benzene rings is 2. The van der Waals surface area contributed by atoms with Gasteiger partial charge in [-0.15, -0.1) is 0 Å². The van der Waals surface area contributed by atoms with Gasteiger partial charge in [-0.1, -0.05) is 23.7 Å². The topological polar surface area (TPSA) is 81.2 Å². The Balaban J connectivity index is 1.39. The molecule has 1 saturated carbocycles. The summed E-state index contributed by atoms with van der Waals surface area (Å²) in [5, 5.41) is 2.90. The van der Waals surface area contributed by atoms with Crippen LogP contribution in [0.3, 0.4) is 0 Å². The summed E-state index contributed by atoms with van der Waals surface area (Å²) in [6.45, 7) is 0. The molecule has 2 aromatic carbocycles. The van der Waals surface area contributed by atoms with E-state index in [1.807, 2.05) is 0 Å². The number of nitrogens with zero attached hydrogens (tertiary/aromatic N) is 2. The van der Waals surface area contributed by atoms with Crippen molar-refractivity contribution in [1.29, 1.82) is 0 Å². The third-order valence-corrected chi connectivity index (χ3v) is 5.57. The number of ketones is 1. The lowest BCUT2D eigenvalue weighted by Crippen LogP contribution is -2.14. The van der Waals surface area contributed by atoms with Gasteiger partial charge in [0.05, 0.1) is 5.56 Å². The minimum Gasteiger partial charge on any atom is -0.439 e. The fraction of sp³-hybridized carbons (Fsp3) is 0.250. The van der Waals surface area contributed by atoms with E-state index in [2.05, 4.69) is 15.3 Å². The van der Waals surface area contributed by atoms with Gasteiger partial charge in [-0.3, -0.25) is 9.59 Å². The summed E-state index contributed by atoms with van der Waals surface area (Å²) in [6.07, 6.45) is -2.35. The zero-order valence-electron chi connectivity index (χ0n) is 18.0. The first-order valence-corrected chi connectivity index (χ1v) is 10.9. The van der Waals surface area contributed by atoms with Crippen molar-refractivity contribution in [2.45, 2.75) is 31.9 Å². The molecule has 182 valence electrons. The predicted octanol–water partition coefficient (Wildman–Crippen LogP) is 5.78. The van der Waals surface area contributed by atoms with Gasteiger partial charge in [0.15, 0.2) is 0 Å². The first kappa shape index (κ1) is 24.6. The van der Waals surface area contributed by atoms with Crippen molar-refractivity contribution < 1.29 is 31.9 Å². The number of carbonyl (C=O) groups excluding carboxylic acids is 2. The zero-order valence-corrected chi connectivity index (χ0v) is 18.8. The van der Waals surface area contributed by atoms with E-state index in [4.69, 9.17) is 16.3 Å². The van der Waals surface area contributed by atoms with Crippen molar-refractivity contribution >= 4 is 29.1 Å². The third-order valence-electron chi connectivity index (χ3n) is 5.21. The molecule has 1 N–H and O–H groups in total. The van der Waals surface area contributed by atoms with E-state index in [1.54, 1.807) is 12.1 Å². The normalized spacial score (nSPS) is 13.4. The number of hydrogen-bond acceptors (Lipinski definition) is 5. The summed E-state index contributed by atoms with van der Waals surface area (Å²) in [7, 11) is 0. The molecule has 6 nitrogen and oxygen atoms in total. The number of nitrogens with one attached hydrogen (secondary N) is 1. The number of carbonyl (C=O) groups is 2. The minimum atomic E-state index is -4.85. The second kappa shape index (κ2) is 9.99. The number of anilines is 1. The monoisotopic (exact) mass is 507 g/mol. The van der Waals surface area contributed by atoms with E-state index in [0.717, 1.165) is 18.9 Å². The van der Waals surface area contributed by atoms with Crippen molar-refractivity contribution in [2.75, 3.05) is 5.32 Å². The number of halogens is 5. The average Bonchev–Trinajstić information content (AvgIpc) is 3.62. The van der Waals surface area contributed by atoms with Gasteiger partial charge >= 0.3 is 6.18 Å². The molecule has 1 aromatic heterocycles. The molecule has 4 rings (SSSR count). The Labute approximate surface area is 202 Å². The number of hydrogen-bond donors (Lipinski definition) is 1. The molecular formula is C24H18ClF4N3O3. The minimum absolute atomic E-state index is 0.0122. The largest absolute Gasteiger partial charge is 0.439 e. The smallest absolute Gasteiger partial charge is 0.419 e. The van der Waals surface area contributed by atoms with E-state index >= 15 is 0 Å². The summed E-state index contributed by atoms with van der Waals surface area (Å²) in [5.74, 6) is -1.10. The van der Waals surface area contributed by atoms with E-state index in [0.29, 0.717) is 29.3 Å². The third kappa shape index (κ3) is 6.54. The van der Waals surface area contributed by atoms with Gasteiger partial charge in [0, 0.05) is 29.8 Å². The van der Waals surface area contributed by atoms with Crippen LogP contribution < -0.4 is 10.1 Å². The second-order valence-corrected chi connectivity index (χ2v) is 8.47. The molecule has 1 fully saturated rings. The van der Waals surface area contributed by atoms with Crippen LogP contribution in [0.2, 0.25) is 5.02 Å². The number of ether oxygens (including phenoxy) is 1. The highest BCUT2D eigenvalue weighted by atomic mass is 35.5. The maximum absolute atomic E-state index is 13.4. The van der Waals surface area contributed by atoms with E-state index in [-0.39, 0.29) is 41.1 Å². The van der Waals surface area contributed by atoms with Crippen LogP contribution in [0.1, 0.15) is 29.5 Å². The summed E-state index contributed by atoms with van der Waals surface area (Å²) in [6, 6.07) is 8.51. The Morgan fingerprint density at radius 2 is 1.83 bits per heavy atom. The maximum atomic E-state index is 13.4. The van der Waals surface area contributed by atoms with Crippen molar-refractivity contribution in [2.24, 2.45) is 5.92 Å². The first-order chi connectivity index (χ1) is 16.6. The van der Waals surface area contributed by atoms with Crippen molar-refractivity contribution in [3.05, 3.63) is 76.3 Å². The average molecular weight is 508 g/mol. The van der Waals surface area contributed by atoms with Gasteiger partial charge in [-0.2, -0.15) is 13.2 Å². The lowest BCUT2D eigenvalue weighted by atomic mass is 10.0. The van der Waals surface area contributed by atoms with Crippen molar-refractivity contribution in [3.8, 4) is 11.6 Å². The highest BCUT2D eigenvalue weighted by molar-refractivity contribution is 6.31. The van der Waals surface area contributed by atoms with Crippen LogP contribution in [-0.4, -0.2) is 21.7 Å². The molecule has 1 aliphatic rings. The number of alkyl halides is 3. The van der Waals surface area contributed by atoms with Crippen LogP contribution in [0.25, 0.3) is 0 Å². The summed E-state index contributed by atoms with van der Waals surface area (Å²) < 4.78 is 57.8.